The van der Waals surface area contributed by atoms with Gasteiger partial charge in [0.1, 0.15) is 0 Å². The number of nitrogens with zero attached hydrogens (tertiary/aromatic N) is 4. The third-order valence-corrected chi connectivity index (χ3v) is 7.14. The summed E-state index contributed by atoms with van der Waals surface area (Å²) in [7, 11) is 1.90. The van der Waals surface area contributed by atoms with Gasteiger partial charge in [-0.3, -0.25) is 19.1 Å². The number of hydrogen-bond donors (Lipinski definition) is 2. The molecule has 2 saturated heterocycles. The zero-order chi connectivity index (χ0) is 24.3. The molecule has 2 aliphatic rings. The van der Waals surface area contributed by atoms with Gasteiger partial charge in [0, 0.05) is 32.1 Å². The van der Waals surface area contributed by atoms with Crippen molar-refractivity contribution in [3.8, 4) is 0 Å². The molecule has 2 atom stereocenters. The summed E-state index contributed by atoms with van der Waals surface area (Å²) in [5, 5.41) is 11.2. The lowest BCUT2D eigenvalue weighted by Gasteiger charge is -2.51. The second kappa shape index (κ2) is 7.88. The number of aryl methyl sites for hydroxylation is 1. The molecule has 0 bridgehead atoms. The fourth-order valence-corrected chi connectivity index (χ4v) is 5.22. The van der Waals surface area contributed by atoms with Crippen LogP contribution in [0.4, 0.5) is 4.39 Å². The van der Waals surface area contributed by atoms with Crippen molar-refractivity contribution in [3.05, 3.63) is 62.9 Å². The molecule has 180 valence electrons. The second-order valence-electron chi connectivity index (χ2n) is 9.54. The maximum atomic E-state index is 13.8. The van der Waals surface area contributed by atoms with Gasteiger partial charge in [0.2, 0.25) is 5.82 Å². The normalized spacial score (nSPS) is 24.6. The number of benzene rings is 1. The largest absolute Gasteiger partial charge is 0.388 e. The molecular formula is C23H26FN5O5. The van der Waals surface area contributed by atoms with E-state index in [9.17, 15) is 23.9 Å². The Bertz CT molecular complexity index is 1380. The Morgan fingerprint density at radius 1 is 1.29 bits per heavy atom. The van der Waals surface area contributed by atoms with Crippen LogP contribution in [-0.4, -0.2) is 65.9 Å². The van der Waals surface area contributed by atoms with Gasteiger partial charge in [-0.2, -0.15) is 4.39 Å². The molecule has 11 heteroatoms. The fraction of sp³-hybridized carbons (Fsp3) is 0.478. The Morgan fingerprint density at radius 2 is 2.03 bits per heavy atom. The van der Waals surface area contributed by atoms with E-state index in [2.05, 4.69) is 4.98 Å². The molecule has 0 aliphatic carbocycles. The van der Waals surface area contributed by atoms with Crippen LogP contribution in [0.1, 0.15) is 42.6 Å². The van der Waals surface area contributed by atoms with Gasteiger partial charge >= 0.3 is 5.69 Å². The predicted octanol–water partition coefficient (Wildman–Crippen LogP) is 0.950. The first-order valence-electron chi connectivity index (χ1n) is 11.2. The smallest absolute Gasteiger partial charge is 0.328 e. The lowest BCUT2D eigenvalue weighted by atomic mass is 9.75. The van der Waals surface area contributed by atoms with Gasteiger partial charge in [0.15, 0.2) is 0 Å². The van der Waals surface area contributed by atoms with Gasteiger partial charge in [0.25, 0.3) is 11.5 Å². The highest BCUT2D eigenvalue weighted by atomic mass is 19.1. The van der Waals surface area contributed by atoms with E-state index in [-0.39, 0.29) is 18.9 Å². The molecule has 0 radical (unpaired) electrons. The number of piperidine rings is 1. The van der Waals surface area contributed by atoms with Crippen LogP contribution in [0.15, 0.2) is 40.3 Å². The summed E-state index contributed by atoms with van der Waals surface area (Å²) in [5.74, 6) is -1.19. The van der Waals surface area contributed by atoms with Gasteiger partial charge in [-0.05, 0) is 38.0 Å². The Hall–Kier alpha value is -3.31. The fourth-order valence-electron chi connectivity index (χ4n) is 5.22. The summed E-state index contributed by atoms with van der Waals surface area (Å²) in [4.78, 5) is 44.6. The van der Waals surface area contributed by atoms with Crippen LogP contribution < -0.4 is 11.2 Å². The molecule has 3 aromatic rings. The Kier molecular flexibility index (Phi) is 5.21. The topological polar surface area (TPSA) is 122 Å². The van der Waals surface area contributed by atoms with Crippen molar-refractivity contribution in [3.63, 3.8) is 0 Å². The van der Waals surface area contributed by atoms with E-state index in [4.69, 9.17) is 4.74 Å². The number of carbonyl (C=O) groups is 1. The number of imidazole rings is 1. The number of aliphatic hydroxyl groups is 1. The lowest BCUT2D eigenvalue weighted by Crippen LogP contribution is -2.59. The maximum Gasteiger partial charge on any atom is 0.328 e. The first kappa shape index (κ1) is 22.5. The molecule has 2 fully saturated rings. The minimum absolute atomic E-state index is 0.0251. The molecule has 1 aromatic carbocycles. The quantitative estimate of drug-likeness (QED) is 0.574. The van der Waals surface area contributed by atoms with E-state index in [1.54, 1.807) is 30.3 Å². The van der Waals surface area contributed by atoms with Crippen LogP contribution in [-0.2, 0) is 11.8 Å². The summed E-state index contributed by atoms with van der Waals surface area (Å²) in [6.45, 7) is 2.46. The van der Waals surface area contributed by atoms with E-state index in [0.29, 0.717) is 31.5 Å². The number of hydrogen-bond acceptors (Lipinski definition) is 6. The van der Waals surface area contributed by atoms with Crippen molar-refractivity contribution in [2.24, 2.45) is 7.05 Å². The molecule has 34 heavy (non-hydrogen) atoms. The summed E-state index contributed by atoms with van der Waals surface area (Å²) in [6, 6.07) is 4.60. The lowest BCUT2D eigenvalue weighted by molar-refractivity contribution is -0.195. The number of aromatic nitrogens is 4. The minimum atomic E-state index is -1.39. The van der Waals surface area contributed by atoms with Crippen molar-refractivity contribution in [1.29, 1.82) is 0 Å². The van der Waals surface area contributed by atoms with Crippen LogP contribution in [0.5, 0.6) is 0 Å². The molecule has 5 rings (SSSR count). The number of ether oxygens (including phenoxy) is 1. The van der Waals surface area contributed by atoms with Crippen LogP contribution >= 0.6 is 0 Å². The highest BCUT2D eigenvalue weighted by molar-refractivity contribution is 5.97. The van der Waals surface area contributed by atoms with Crippen molar-refractivity contribution in [2.45, 2.75) is 43.4 Å². The predicted molar refractivity (Wildman–Crippen MR) is 120 cm³/mol. The molecule has 4 heterocycles. The van der Waals surface area contributed by atoms with Crippen LogP contribution in [0.25, 0.3) is 11.0 Å². The van der Waals surface area contributed by atoms with Crippen LogP contribution in [0.2, 0.25) is 0 Å². The maximum absolute atomic E-state index is 13.8. The number of nitrogens with one attached hydrogen (secondary N) is 1. The van der Waals surface area contributed by atoms with E-state index in [1.807, 2.05) is 22.7 Å². The van der Waals surface area contributed by atoms with Crippen LogP contribution in [0, 0.1) is 5.82 Å². The highest BCUT2D eigenvalue weighted by Crippen LogP contribution is 2.43. The Labute approximate surface area is 193 Å². The molecule has 1 spiro atoms. The Balaban J connectivity index is 1.29. The number of H-pyrrole nitrogens is 1. The van der Waals surface area contributed by atoms with Gasteiger partial charge < -0.3 is 19.3 Å². The standard InChI is InChI=1S/C23H26FN5O5/c1-22(33)12-23(34-11-18(22)29-10-15(24)19(30)26-21(29)32)5-7-28(8-6-23)20(31)14-3-4-17-16(9-14)25-13-27(17)2/h3-4,9-10,13,18,33H,5-8,11-12H2,1-2H3,(H,26,30,32)/t18-,22-/m1/s1. The molecule has 2 aromatic heterocycles. The molecule has 10 nitrogen and oxygen atoms in total. The Morgan fingerprint density at radius 3 is 2.74 bits per heavy atom. The third-order valence-electron chi connectivity index (χ3n) is 7.14. The third kappa shape index (κ3) is 3.74. The zero-order valence-corrected chi connectivity index (χ0v) is 19.0. The number of halogens is 1. The van der Waals surface area contributed by atoms with E-state index >= 15 is 0 Å². The van der Waals surface area contributed by atoms with Crippen molar-refractivity contribution in [1.82, 2.24) is 24.0 Å². The van der Waals surface area contributed by atoms with Gasteiger partial charge in [-0.25, -0.2) is 9.78 Å². The number of fused-ring (bicyclic) bond motifs is 1. The minimum Gasteiger partial charge on any atom is -0.388 e. The molecule has 0 saturated carbocycles. The SMILES string of the molecule is Cn1cnc2cc(C(=O)N3CCC4(CC3)C[C@@](C)(O)[C@H](n3cc(F)c(=O)[nH]c3=O)CO4)ccc21. The number of amides is 1. The van der Waals surface area contributed by atoms with Crippen molar-refractivity contribution in [2.75, 3.05) is 19.7 Å². The number of carbonyl (C=O) groups excluding carboxylic acids is 1. The van der Waals surface area contributed by atoms with Crippen LogP contribution in [0.3, 0.4) is 0 Å². The summed E-state index contributed by atoms with van der Waals surface area (Å²) in [6.07, 6.45) is 3.75. The average Bonchev–Trinajstić information content (AvgIpc) is 3.16. The van der Waals surface area contributed by atoms with E-state index in [1.165, 1.54) is 0 Å². The number of likely N-dealkylation sites (tertiary alicyclic amines) is 1. The first-order chi connectivity index (χ1) is 16.1. The second-order valence-corrected chi connectivity index (χ2v) is 9.54. The summed E-state index contributed by atoms with van der Waals surface area (Å²) >= 11 is 0. The number of aromatic amines is 1. The molecule has 2 N–H and O–H groups in total. The number of rotatable bonds is 2. The molecule has 0 unspecified atom stereocenters. The summed E-state index contributed by atoms with van der Waals surface area (Å²) < 4.78 is 22.8. The molecular weight excluding hydrogens is 445 g/mol. The van der Waals surface area contributed by atoms with Gasteiger partial charge in [-0.1, -0.05) is 0 Å². The zero-order valence-electron chi connectivity index (χ0n) is 19.0. The average molecular weight is 471 g/mol. The van der Waals surface area contributed by atoms with Crippen molar-refractivity contribution >= 4 is 16.9 Å². The van der Waals surface area contributed by atoms with E-state index in [0.717, 1.165) is 21.8 Å². The van der Waals surface area contributed by atoms with Crippen molar-refractivity contribution < 1.29 is 19.0 Å². The van der Waals surface area contributed by atoms with E-state index < -0.39 is 34.3 Å². The first-order valence-corrected chi connectivity index (χ1v) is 11.2. The molecule has 1 amide bonds. The monoisotopic (exact) mass is 471 g/mol. The summed E-state index contributed by atoms with van der Waals surface area (Å²) in [5.41, 5.74) is -1.68. The van der Waals surface area contributed by atoms with Gasteiger partial charge in [-0.15, -0.1) is 0 Å². The highest BCUT2D eigenvalue weighted by Gasteiger charge is 2.50. The molecule has 2 aliphatic heterocycles. The van der Waals surface area contributed by atoms with Gasteiger partial charge in [0.05, 0.1) is 47.4 Å².